The van der Waals surface area contributed by atoms with E-state index in [0.29, 0.717) is 19.0 Å². The lowest BCUT2D eigenvalue weighted by Gasteiger charge is -2.29. The first-order valence-corrected chi connectivity index (χ1v) is 8.26. The van der Waals surface area contributed by atoms with Gasteiger partial charge in [0, 0.05) is 24.4 Å². The minimum atomic E-state index is -0.449. The van der Waals surface area contributed by atoms with Gasteiger partial charge in [-0.25, -0.2) is 9.78 Å². The predicted octanol–water partition coefficient (Wildman–Crippen LogP) is 3.50. The third kappa shape index (κ3) is 4.59. The monoisotopic (exact) mass is 311 g/mol. The maximum Gasteiger partial charge on any atom is 0.410 e. The summed E-state index contributed by atoms with van der Waals surface area (Å²) in [6, 6.07) is 0. The number of anilines is 1. The molecule has 0 aliphatic carbocycles. The molecule has 0 bridgehead atoms. The highest BCUT2D eigenvalue weighted by Crippen LogP contribution is 2.29. The Morgan fingerprint density at radius 3 is 2.81 bits per heavy atom. The van der Waals surface area contributed by atoms with Crippen LogP contribution < -0.4 is 5.32 Å². The van der Waals surface area contributed by atoms with Gasteiger partial charge in [0.25, 0.3) is 0 Å². The highest BCUT2D eigenvalue weighted by atomic mass is 32.1. The van der Waals surface area contributed by atoms with Gasteiger partial charge in [0.15, 0.2) is 5.13 Å². The first-order chi connectivity index (χ1) is 9.74. The van der Waals surface area contributed by atoms with Gasteiger partial charge in [0.2, 0.25) is 0 Å². The van der Waals surface area contributed by atoms with E-state index < -0.39 is 5.60 Å². The van der Waals surface area contributed by atoms with Gasteiger partial charge in [-0.3, -0.25) is 0 Å². The zero-order valence-corrected chi connectivity index (χ0v) is 14.3. The van der Waals surface area contributed by atoms with Crippen molar-refractivity contribution >= 4 is 22.6 Å². The molecule has 118 valence electrons. The average molecular weight is 311 g/mol. The molecule has 21 heavy (non-hydrogen) atoms. The van der Waals surface area contributed by atoms with E-state index in [4.69, 9.17) is 4.74 Å². The summed E-state index contributed by atoms with van der Waals surface area (Å²) in [7, 11) is 0. The molecule has 0 fully saturated rings. The van der Waals surface area contributed by atoms with E-state index in [2.05, 4.69) is 24.1 Å². The maximum atomic E-state index is 12.1. The van der Waals surface area contributed by atoms with Crippen molar-refractivity contribution in [2.75, 3.05) is 18.4 Å². The third-order valence-electron chi connectivity index (χ3n) is 3.04. The molecule has 1 aliphatic rings. The van der Waals surface area contributed by atoms with Crippen LogP contribution in [-0.4, -0.2) is 34.7 Å². The number of nitrogens with zero attached hydrogens (tertiary/aromatic N) is 2. The fourth-order valence-electron chi connectivity index (χ4n) is 2.04. The summed E-state index contributed by atoms with van der Waals surface area (Å²) in [6.07, 6.45) is 0.562. The molecule has 1 N–H and O–H groups in total. The summed E-state index contributed by atoms with van der Waals surface area (Å²) >= 11 is 1.64. The van der Waals surface area contributed by atoms with E-state index in [1.165, 1.54) is 4.88 Å². The van der Waals surface area contributed by atoms with Crippen molar-refractivity contribution in [3.05, 3.63) is 10.6 Å². The molecule has 0 aromatic carbocycles. The normalized spacial score (nSPS) is 15.0. The molecule has 2 heterocycles. The molecule has 1 aromatic heterocycles. The van der Waals surface area contributed by atoms with Gasteiger partial charge in [-0.1, -0.05) is 25.2 Å². The van der Waals surface area contributed by atoms with Crippen LogP contribution in [0.3, 0.4) is 0 Å². The minimum Gasteiger partial charge on any atom is -0.444 e. The largest absolute Gasteiger partial charge is 0.444 e. The predicted molar refractivity (Wildman–Crippen MR) is 85.8 cm³/mol. The van der Waals surface area contributed by atoms with Gasteiger partial charge < -0.3 is 15.0 Å². The second-order valence-corrected chi connectivity index (χ2v) is 7.90. The number of carbonyl (C=O) groups excluding carboxylic acids is 1. The lowest BCUT2D eigenvalue weighted by atomic mass is 10.2. The number of nitrogens with one attached hydrogen (secondary N) is 1. The van der Waals surface area contributed by atoms with Gasteiger partial charge in [0.1, 0.15) is 5.60 Å². The Bertz CT molecular complexity index is 506. The quantitative estimate of drug-likeness (QED) is 0.928. The number of hydrogen-bond acceptors (Lipinski definition) is 5. The molecule has 0 saturated carbocycles. The van der Waals surface area contributed by atoms with Crippen molar-refractivity contribution in [3.63, 3.8) is 0 Å². The van der Waals surface area contributed by atoms with Crippen LogP contribution in [0.2, 0.25) is 0 Å². The highest BCUT2D eigenvalue weighted by Gasteiger charge is 2.27. The second kappa shape index (κ2) is 6.22. The highest BCUT2D eigenvalue weighted by molar-refractivity contribution is 7.15. The smallest absolute Gasteiger partial charge is 0.410 e. The lowest BCUT2D eigenvalue weighted by molar-refractivity contribution is 0.0225. The summed E-state index contributed by atoms with van der Waals surface area (Å²) in [5.41, 5.74) is 0.667. The van der Waals surface area contributed by atoms with Crippen molar-refractivity contribution in [2.45, 2.75) is 53.2 Å². The Kier molecular flexibility index (Phi) is 4.76. The van der Waals surface area contributed by atoms with Crippen LogP contribution in [-0.2, 0) is 17.7 Å². The Morgan fingerprint density at radius 1 is 1.48 bits per heavy atom. The van der Waals surface area contributed by atoms with Crippen molar-refractivity contribution in [1.82, 2.24) is 9.88 Å². The Morgan fingerprint density at radius 2 is 2.19 bits per heavy atom. The van der Waals surface area contributed by atoms with Crippen molar-refractivity contribution in [3.8, 4) is 0 Å². The van der Waals surface area contributed by atoms with Crippen LogP contribution in [0.25, 0.3) is 0 Å². The maximum absolute atomic E-state index is 12.1. The average Bonchev–Trinajstić information content (AvgIpc) is 2.75. The zero-order chi connectivity index (χ0) is 15.6. The van der Waals surface area contributed by atoms with E-state index >= 15 is 0 Å². The molecule has 0 unspecified atom stereocenters. The molecule has 1 aliphatic heterocycles. The molecule has 2 rings (SSSR count). The number of ether oxygens (including phenoxy) is 1. The number of amides is 1. The topological polar surface area (TPSA) is 54.5 Å². The Labute approximate surface area is 130 Å². The van der Waals surface area contributed by atoms with E-state index in [9.17, 15) is 4.79 Å². The Hall–Kier alpha value is -1.30. The molecule has 5 nitrogen and oxygen atoms in total. The van der Waals surface area contributed by atoms with E-state index in [0.717, 1.165) is 23.8 Å². The van der Waals surface area contributed by atoms with Gasteiger partial charge in [-0.15, -0.1) is 0 Å². The van der Waals surface area contributed by atoms with E-state index in [-0.39, 0.29) is 6.09 Å². The number of hydrogen-bond donors (Lipinski definition) is 1. The number of thiazole rings is 1. The first kappa shape index (κ1) is 16.1. The standard InChI is InChI=1S/C15H25N3O2S/c1-10(2)8-16-13-17-11-6-7-18(9-12(11)21-13)14(19)20-15(3,4)5/h10H,6-9H2,1-5H3,(H,16,17). The SMILES string of the molecule is CC(C)CNc1nc2c(s1)CN(C(=O)OC(C)(C)C)CC2. The molecular formula is C15H25N3O2S. The molecule has 0 atom stereocenters. The fraction of sp³-hybridized carbons (Fsp3) is 0.733. The van der Waals surface area contributed by atoms with Gasteiger partial charge in [-0.05, 0) is 26.7 Å². The van der Waals surface area contributed by atoms with Gasteiger partial charge in [-0.2, -0.15) is 0 Å². The van der Waals surface area contributed by atoms with Crippen LogP contribution in [0.15, 0.2) is 0 Å². The van der Waals surface area contributed by atoms with Crippen LogP contribution in [0.4, 0.5) is 9.93 Å². The summed E-state index contributed by atoms with van der Waals surface area (Å²) in [6.45, 7) is 12.2. The molecular weight excluding hydrogens is 286 g/mol. The van der Waals surface area contributed by atoms with Crippen molar-refractivity contribution in [1.29, 1.82) is 0 Å². The molecule has 0 saturated heterocycles. The lowest BCUT2D eigenvalue weighted by Crippen LogP contribution is -2.39. The number of rotatable bonds is 3. The van der Waals surface area contributed by atoms with Crippen LogP contribution in [0, 0.1) is 5.92 Å². The summed E-state index contributed by atoms with van der Waals surface area (Å²) in [4.78, 5) is 19.7. The summed E-state index contributed by atoms with van der Waals surface area (Å²) in [5.74, 6) is 0.587. The van der Waals surface area contributed by atoms with Gasteiger partial charge in [0.05, 0.1) is 12.2 Å². The number of aromatic nitrogens is 1. The number of carbonyl (C=O) groups is 1. The minimum absolute atomic E-state index is 0.238. The van der Waals surface area contributed by atoms with Gasteiger partial charge >= 0.3 is 6.09 Å². The fourth-order valence-corrected chi connectivity index (χ4v) is 3.08. The molecule has 0 spiro atoms. The summed E-state index contributed by atoms with van der Waals surface area (Å²) < 4.78 is 5.43. The van der Waals surface area contributed by atoms with Crippen LogP contribution in [0.1, 0.15) is 45.2 Å². The summed E-state index contributed by atoms with van der Waals surface area (Å²) in [5, 5.41) is 4.31. The zero-order valence-electron chi connectivity index (χ0n) is 13.5. The molecule has 1 aromatic rings. The Balaban J connectivity index is 1.98. The van der Waals surface area contributed by atoms with Crippen molar-refractivity contribution < 1.29 is 9.53 Å². The number of fused-ring (bicyclic) bond motifs is 1. The van der Waals surface area contributed by atoms with Crippen molar-refractivity contribution in [2.24, 2.45) is 5.92 Å². The molecule has 0 radical (unpaired) electrons. The van der Waals surface area contributed by atoms with Crippen LogP contribution in [0.5, 0.6) is 0 Å². The third-order valence-corrected chi connectivity index (χ3v) is 4.08. The molecule has 1 amide bonds. The second-order valence-electron chi connectivity index (χ2n) is 6.82. The first-order valence-electron chi connectivity index (χ1n) is 7.45. The van der Waals surface area contributed by atoms with Crippen LogP contribution >= 0.6 is 11.3 Å². The molecule has 6 heteroatoms. The van der Waals surface area contributed by atoms with E-state index in [1.807, 2.05) is 20.8 Å². The van der Waals surface area contributed by atoms with E-state index in [1.54, 1.807) is 16.2 Å².